The number of nitrogens with zero attached hydrogens (tertiary/aromatic N) is 2. The summed E-state index contributed by atoms with van der Waals surface area (Å²) in [5.41, 5.74) is 6.05. The van der Waals surface area contributed by atoms with Crippen LogP contribution in [0.1, 0.15) is 18.1 Å². The predicted molar refractivity (Wildman–Crippen MR) is 80.1 cm³/mol. The predicted octanol–water partition coefficient (Wildman–Crippen LogP) is 3.74. The van der Waals surface area contributed by atoms with Crippen molar-refractivity contribution in [1.82, 2.24) is 0 Å². The molecule has 0 saturated carbocycles. The molecule has 1 N–H and O–H groups in total. The topological polar surface area (TPSA) is 67.5 Å². The molecule has 0 bridgehead atoms. The van der Waals surface area contributed by atoms with E-state index in [9.17, 15) is 10.1 Å². The Labute approximate surface area is 117 Å². The summed E-state index contributed by atoms with van der Waals surface area (Å²) in [4.78, 5) is 10.5. The molecule has 0 amide bonds. The molecule has 5 nitrogen and oxygen atoms in total. The molecule has 0 unspecified atom stereocenters. The van der Waals surface area contributed by atoms with Crippen LogP contribution in [0.2, 0.25) is 0 Å². The zero-order chi connectivity index (χ0) is 14.5. The van der Waals surface area contributed by atoms with Crippen molar-refractivity contribution in [3.63, 3.8) is 0 Å². The van der Waals surface area contributed by atoms with Crippen molar-refractivity contribution in [3.05, 3.63) is 69.8 Å². The molecule has 0 aromatic heterocycles. The Kier molecular flexibility index (Phi) is 4.10. The van der Waals surface area contributed by atoms with E-state index in [2.05, 4.69) is 10.5 Å². The SMILES string of the molecule is C/C(=N/Nc1ccccc1[N+](=O)[O-])c1ccc(C)cc1. The van der Waals surface area contributed by atoms with E-state index in [1.165, 1.54) is 11.6 Å². The molecule has 0 aliphatic rings. The van der Waals surface area contributed by atoms with Crippen molar-refractivity contribution in [2.75, 3.05) is 5.43 Å². The Bertz CT molecular complexity index is 648. The summed E-state index contributed by atoms with van der Waals surface area (Å²) in [5, 5.41) is 15.1. The number of nitro groups is 1. The highest BCUT2D eigenvalue weighted by atomic mass is 16.6. The summed E-state index contributed by atoms with van der Waals surface area (Å²) in [6.07, 6.45) is 0. The average molecular weight is 269 g/mol. The molecule has 5 heteroatoms. The van der Waals surface area contributed by atoms with Crippen LogP contribution >= 0.6 is 0 Å². The molecule has 0 spiro atoms. The fourth-order valence-electron chi connectivity index (χ4n) is 1.73. The molecule has 0 atom stereocenters. The van der Waals surface area contributed by atoms with E-state index in [0.717, 1.165) is 11.3 Å². The van der Waals surface area contributed by atoms with Gasteiger partial charge in [0.1, 0.15) is 5.69 Å². The van der Waals surface area contributed by atoms with Gasteiger partial charge in [0.25, 0.3) is 5.69 Å². The fraction of sp³-hybridized carbons (Fsp3) is 0.133. The van der Waals surface area contributed by atoms with Crippen LogP contribution < -0.4 is 5.43 Å². The van der Waals surface area contributed by atoms with Crippen LogP contribution in [0.4, 0.5) is 11.4 Å². The Hall–Kier alpha value is -2.69. The molecule has 0 radical (unpaired) electrons. The van der Waals surface area contributed by atoms with Crippen molar-refractivity contribution in [2.24, 2.45) is 5.10 Å². The van der Waals surface area contributed by atoms with Gasteiger partial charge in [0.2, 0.25) is 0 Å². The second-order valence-electron chi connectivity index (χ2n) is 4.45. The number of aryl methyl sites for hydroxylation is 1. The van der Waals surface area contributed by atoms with Gasteiger partial charge in [0.15, 0.2) is 0 Å². The first-order chi connectivity index (χ1) is 9.58. The summed E-state index contributed by atoms with van der Waals surface area (Å²) >= 11 is 0. The lowest BCUT2D eigenvalue weighted by molar-refractivity contribution is -0.384. The monoisotopic (exact) mass is 269 g/mol. The van der Waals surface area contributed by atoms with Crippen molar-refractivity contribution in [1.29, 1.82) is 0 Å². The number of anilines is 1. The third-order valence-corrected chi connectivity index (χ3v) is 2.91. The van der Waals surface area contributed by atoms with Crippen LogP contribution in [0, 0.1) is 17.0 Å². The minimum absolute atomic E-state index is 0.00737. The first-order valence-electron chi connectivity index (χ1n) is 6.18. The van der Waals surface area contributed by atoms with Crippen molar-refractivity contribution in [2.45, 2.75) is 13.8 Å². The zero-order valence-electron chi connectivity index (χ0n) is 11.3. The van der Waals surface area contributed by atoms with E-state index in [1.54, 1.807) is 18.2 Å². The molecular formula is C15H15N3O2. The molecule has 20 heavy (non-hydrogen) atoms. The highest BCUT2D eigenvalue weighted by Gasteiger charge is 2.11. The molecule has 102 valence electrons. The van der Waals surface area contributed by atoms with E-state index in [-0.39, 0.29) is 5.69 Å². The van der Waals surface area contributed by atoms with Crippen molar-refractivity contribution < 1.29 is 4.92 Å². The van der Waals surface area contributed by atoms with Crippen LogP contribution in [-0.2, 0) is 0 Å². The quantitative estimate of drug-likeness (QED) is 0.522. The van der Waals surface area contributed by atoms with Gasteiger partial charge < -0.3 is 0 Å². The van der Waals surface area contributed by atoms with Crippen LogP contribution in [0.5, 0.6) is 0 Å². The van der Waals surface area contributed by atoms with Gasteiger partial charge in [-0.1, -0.05) is 42.0 Å². The molecular weight excluding hydrogens is 254 g/mol. The number of benzene rings is 2. The maximum atomic E-state index is 10.9. The number of rotatable bonds is 4. The minimum Gasteiger partial charge on any atom is -0.271 e. The molecule has 2 aromatic rings. The van der Waals surface area contributed by atoms with Gasteiger partial charge in [0, 0.05) is 6.07 Å². The van der Waals surface area contributed by atoms with E-state index < -0.39 is 4.92 Å². The molecule has 0 fully saturated rings. The number of hydrogen-bond donors (Lipinski definition) is 1. The summed E-state index contributed by atoms with van der Waals surface area (Å²) < 4.78 is 0. The van der Waals surface area contributed by atoms with Crippen LogP contribution in [-0.4, -0.2) is 10.6 Å². The lowest BCUT2D eigenvalue weighted by atomic mass is 10.1. The molecule has 2 aromatic carbocycles. The summed E-state index contributed by atoms with van der Waals surface area (Å²) in [6.45, 7) is 3.87. The largest absolute Gasteiger partial charge is 0.294 e. The number of para-hydroxylation sites is 2. The molecule has 0 heterocycles. The van der Waals surface area contributed by atoms with E-state index in [0.29, 0.717) is 5.69 Å². The molecule has 0 aliphatic heterocycles. The van der Waals surface area contributed by atoms with Gasteiger partial charge in [-0.25, -0.2) is 0 Å². The minimum atomic E-state index is -0.431. The second-order valence-corrected chi connectivity index (χ2v) is 4.45. The summed E-state index contributed by atoms with van der Waals surface area (Å²) in [5.74, 6) is 0. The molecule has 0 aliphatic carbocycles. The first kappa shape index (κ1) is 13.7. The average Bonchev–Trinajstić information content (AvgIpc) is 2.45. The van der Waals surface area contributed by atoms with E-state index in [1.807, 2.05) is 38.1 Å². The fourth-order valence-corrected chi connectivity index (χ4v) is 1.73. The zero-order valence-corrected chi connectivity index (χ0v) is 11.3. The van der Waals surface area contributed by atoms with E-state index >= 15 is 0 Å². The summed E-state index contributed by atoms with van der Waals surface area (Å²) in [6, 6.07) is 14.4. The Morgan fingerprint density at radius 1 is 1.15 bits per heavy atom. The lowest BCUT2D eigenvalue weighted by Gasteiger charge is -2.04. The second kappa shape index (κ2) is 5.97. The van der Waals surface area contributed by atoms with Gasteiger partial charge >= 0.3 is 0 Å². The number of hydrogen-bond acceptors (Lipinski definition) is 4. The van der Waals surface area contributed by atoms with Crippen LogP contribution in [0.15, 0.2) is 53.6 Å². The van der Waals surface area contributed by atoms with Gasteiger partial charge in [-0.15, -0.1) is 0 Å². The van der Waals surface area contributed by atoms with Crippen molar-refractivity contribution in [3.8, 4) is 0 Å². The smallest absolute Gasteiger partial charge is 0.271 e. The van der Waals surface area contributed by atoms with Gasteiger partial charge in [-0.2, -0.15) is 5.10 Å². The van der Waals surface area contributed by atoms with Gasteiger partial charge in [-0.05, 0) is 25.5 Å². The van der Waals surface area contributed by atoms with E-state index in [4.69, 9.17) is 0 Å². The third-order valence-electron chi connectivity index (χ3n) is 2.91. The Morgan fingerprint density at radius 3 is 2.45 bits per heavy atom. The maximum absolute atomic E-state index is 10.9. The normalized spacial score (nSPS) is 11.2. The van der Waals surface area contributed by atoms with Gasteiger partial charge in [0.05, 0.1) is 10.6 Å². The number of hydrazone groups is 1. The lowest BCUT2D eigenvalue weighted by Crippen LogP contribution is -2.01. The van der Waals surface area contributed by atoms with Gasteiger partial charge in [-0.3, -0.25) is 15.5 Å². The third kappa shape index (κ3) is 3.20. The Balaban J connectivity index is 2.21. The number of nitro benzene ring substituents is 1. The highest BCUT2D eigenvalue weighted by molar-refractivity contribution is 5.99. The summed E-state index contributed by atoms with van der Waals surface area (Å²) in [7, 11) is 0. The first-order valence-corrected chi connectivity index (χ1v) is 6.18. The van der Waals surface area contributed by atoms with Crippen LogP contribution in [0.3, 0.4) is 0 Å². The maximum Gasteiger partial charge on any atom is 0.294 e. The standard InChI is InChI=1S/C15H15N3O2/c1-11-7-9-13(10-8-11)12(2)16-17-14-5-3-4-6-15(14)18(19)20/h3-10,17H,1-2H3/b16-12-. The highest BCUT2D eigenvalue weighted by Crippen LogP contribution is 2.23. The van der Waals surface area contributed by atoms with Crippen LogP contribution in [0.25, 0.3) is 0 Å². The number of nitrogens with one attached hydrogen (secondary N) is 1. The molecule has 2 rings (SSSR count). The van der Waals surface area contributed by atoms with Crippen molar-refractivity contribution >= 4 is 17.1 Å². The molecule has 0 saturated heterocycles. The Morgan fingerprint density at radius 2 is 1.80 bits per heavy atom.